The van der Waals surface area contributed by atoms with Crippen LogP contribution in [-0.4, -0.2) is 36.7 Å². The first kappa shape index (κ1) is 13.7. The summed E-state index contributed by atoms with van der Waals surface area (Å²) in [5, 5.41) is 2.79. The maximum atomic E-state index is 11.3. The zero-order chi connectivity index (χ0) is 13.1. The summed E-state index contributed by atoms with van der Waals surface area (Å²) >= 11 is 0. The van der Waals surface area contributed by atoms with Crippen LogP contribution in [0.4, 0.5) is 5.82 Å². The van der Waals surface area contributed by atoms with Crippen LogP contribution in [0.5, 0.6) is 0 Å². The van der Waals surface area contributed by atoms with E-state index in [0.29, 0.717) is 0 Å². The van der Waals surface area contributed by atoms with E-state index >= 15 is 0 Å². The van der Waals surface area contributed by atoms with Crippen molar-refractivity contribution >= 4 is 15.8 Å². The highest BCUT2D eigenvalue weighted by Crippen LogP contribution is 2.04. The van der Waals surface area contributed by atoms with Gasteiger partial charge in [-0.2, -0.15) is 0 Å². The zero-order valence-corrected chi connectivity index (χ0v) is 10.8. The fourth-order valence-corrected chi connectivity index (χ4v) is 2.40. The molecule has 0 aliphatic carbocycles. The number of aromatic amines is 1. The van der Waals surface area contributed by atoms with Crippen molar-refractivity contribution in [3.8, 4) is 0 Å². The summed E-state index contributed by atoms with van der Waals surface area (Å²) in [5.41, 5.74) is -1.06. The standard InChI is InChI=1S/C9H16N4O3S/c1-9(2,13-17(3,15)16)6-12-7-8(14)11-5-4-10-7/h4-5,13H,6H2,1-3H3,(H,10,12)(H,11,14). The number of rotatable bonds is 5. The second-order valence-corrected chi connectivity index (χ2v) is 6.13. The minimum Gasteiger partial charge on any atom is -0.364 e. The molecule has 7 nitrogen and oxygen atoms in total. The second-order valence-electron chi connectivity index (χ2n) is 4.38. The highest BCUT2D eigenvalue weighted by atomic mass is 32.2. The molecule has 0 aliphatic heterocycles. The fraction of sp³-hybridized carbons (Fsp3) is 0.556. The number of anilines is 1. The van der Waals surface area contributed by atoms with Crippen molar-refractivity contribution in [1.82, 2.24) is 14.7 Å². The molecule has 0 fully saturated rings. The molecule has 0 spiro atoms. The van der Waals surface area contributed by atoms with Gasteiger partial charge in [-0.1, -0.05) is 0 Å². The lowest BCUT2D eigenvalue weighted by atomic mass is 10.1. The molecule has 1 aromatic heterocycles. The molecule has 17 heavy (non-hydrogen) atoms. The molecule has 0 saturated carbocycles. The predicted molar refractivity (Wildman–Crippen MR) is 65.4 cm³/mol. The van der Waals surface area contributed by atoms with Crippen LogP contribution in [0.25, 0.3) is 0 Å². The van der Waals surface area contributed by atoms with E-state index in [1.54, 1.807) is 13.8 Å². The van der Waals surface area contributed by atoms with E-state index < -0.39 is 15.6 Å². The van der Waals surface area contributed by atoms with Crippen LogP contribution >= 0.6 is 0 Å². The third kappa shape index (κ3) is 4.96. The quantitative estimate of drug-likeness (QED) is 0.662. The molecular formula is C9H16N4O3S. The minimum atomic E-state index is -3.29. The molecule has 0 bridgehead atoms. The Morgan fingerprint density at radius 2 is 2.12 bits per heavy atom. The SMILES string of the molecule is CC(C)(CNc1ncc[nH]c1=O)NS(C)(=O)=O. The van der Waals surface area contributed by atoms with Crippen LogP contribution in [-0.2, 0) is 10.0 Å². The molecule has 0 aliphatic rings. The topological polar surface area (TPSA) is 104 Å². The largest absolute Gasteiger partial charge is 0.364 e. The van der Waals surface area contributed by atoms with Gasteiger partial charge in [-0.15, -0.1) is 0 Å². The molecule has 0 unspecified atom stereocenters. The van der Waals surface area contributed by atoms with Crippen molar-refractivity contribution < 1.29 is 8.42 Å². The lowest BCUT2D eigenvalue weighted by molar-refractivity contribution is 0.475. The summed E-state index contributed by atoms with van der Waals surface area (Å²) in [4.78, 5) is 17.6. The third-order valence-corrected chi connectivity index (χ3v) is 2.79. The summed E-state index contributed by atoms with van der Waals surface area (Å²) in [6.07, 6.45) is 3.95. The van der Waals surface area contributed by atoms with Gasteiger partial charge >= 0.3 is 0 Å². The lowest BCUT2D eigenvalue weighted by Crippen LogP contribution is -2.48. The molecule has 3 N–H and O–H groups in total. The molecule has 0 radical (unpaired) electrons. The molecule has 0 amide bonds. The van der Waals surface area contributed by atoms with Crippen molar-refractivity contribution in [1.29, 1.82) is 0 Å². The molecule has 0 saturated heterocycles. The van der Waals surface area contributed by atoms with E-state index in [9.17, 15) is 13.2 Å². The van der Waals surface area contributed by atoms with Crippen molar-refractivity contribution in [3.63, 3.8) is 0 Å². The fourth-order valence-electron chi connectivity index (χ4n) is 1.32. The minimum absolute atomic E-state index is 0.163. The highest BCUT2D eigenvalue weighted by molar-refractivity contribution is 7.88. The van der Waals surface area contributed by atoms with E-state index in [2.05, 4.69) is 20.0 Å². The first-order valence-corrected chi connectivity index (χ1v) is 6.85. The second kappa shape index (κ2) is 4.84. The Morgan fingerprint density at radius 1 is 1.47 bits per heavy atom. The van der Waals surface area contributed by atoms with Gasteiger partial charge in [0, 0.05) is 24.5 Å². The maximum absolute atomic E-state index is 11.3. The van der Waals surface area contributed by atoms with E-state index in [-0.39, 0.29) is 17.9 Å². The van der Waals surface area contributed by atoms with Crippen molar-refractivity contribution in [2.24, 2.45) is 0 Å². The van der Waals surface area contributed by atoms with Gasteiger partial charge < -0.3 is 10.3 Å². The number of aromatic nitrogens is 2. The number of H-pyrrole nitrogens is 1. The van der Waals surface area contributed by atoms with Gasteiger partial charge in [0.1, 0.15) is 0 Å². The number of nitrogens with zero attached hydrogens (tertiary/aromatic N) is 1. The maximum Gasteiger partial charge on any atom is 0.290 e. The molecule has 96 valence electrons. The molecule has 1 rings (SSSR count). The summed E-state index contributed by atoms with van der Waals surface area (Å²) < 4.78 is 24.7. The number of nitrogens with one attached hydrogen (secondary N) is 3. The Hall–Kier alpha value is -1.41. The first-order valence-electron chi connectivity index (χ1n) is 4.96. The Kier molecular flexibility index (Phi) is 3.89. The average Bonchev–Trinajstić information content (AvgIpc) is 2.13. The van der Waals surface area contributed by atoms with Crippen LogP contribution in [0.2, 0.25) is 0 Å². The summed E-state index contributed by atoms with van der Waals surface area (Å²) in [5.74, 6) is 0.163. The first-order chi connectivity index (χ1) is 7.70. The van der Waals surface area contributed by atoms with Crippen LogP contribution in [0, 0.1) is 0 Å². The molecule has 0 atom stereocenters. The molecule has 8 heteroatoms. The molecule has 1 heterocycles. The molecule has 0 aromatic carbocycles. The lowest BCUT2D eigenvalue weighted by Gasteiger charge is -2.25. The van der Waals surface area contributed by atoms with Gasteiger partial charge in [0.05, 0.1) is 6.26 Å². The van der Waals surface area contributed by atoms with Gasteiger partial charge in [0.2, 0.25) is 10.0 Å². The van der Waals surface area contributed by atoms with Gasteiger partial charge in [-0.3, -0.25) is 4.79 Å². The Bertz CT molecular complexity index is 535. The van der Waals surface area contributed by atoms with Crippen LogP contribution < -0.4 is 15.6 Å². The predicted octanol–water partition coefficient (Wildman–Crippen LogP) is -0.490. The Morgan fingerprint density at radius 3 is 2.65 bits per heavy atom. The molecular weight excluding hydrogens is 244 g/mol. The Labute approximate surface area is 99.7 Å². The third-order valence-electron chi connectivity index (χ3n) is 1.87. The summed E-state index contributed by atoms with van der Waals surface area (Å²) in [6, 6.07) is 0. The normalized spacial score (nSPS) is 12.4. The van der Waals surface area contributed by atoms with E-state index in [1.807, 2.05) is 0 Å². The van der Waals surface area contributed by atoms with E-state index in [4.69, 9.17) is 0 Å². The van der Waals surface area contributed by atoms with Crippen LogP contribution in [0.1, 0.15) is 13.8 Å². The van der Waals surface area contributed by atoms with Crippen molar-refractivity contribution in [2.75, 3.05) is 18.1 Å². The van der Waals surface area contributed by atoms with E-state index in [0.717, 1.165) is 6.26 Å². The van der Waals surface area contributed by atoms with Crippen LogP contribution in [0.3, 0.4) is 0 Å². The number of hydrogen-bond acceptors (Lipinski definition) is 5. The average molecular weight is 260 g/mol. The van der Waals surface area contributed by atoms with Crippen molar-refractivity contribution in [3.05, 3.63) is 22.7 Å². The van der Waals surface area contributed by atoms with Gasteiger partial charge in [0.25, 0.3) is 5.56 Å². The van der Waals surface area contributed by atoms with E-state index in [1.165, 1.54) is 12.4 Å². The monoisotopic (exact) mass is 260 g/mol. The number of hydrogen-bond donors (Lipinski definition) is 3. The van der Waals surface area contributed by atoms with Crippen molar-refractivity contribution in [2.45, 2.75) is 19.4 Å². The van der Waals surface area contributed by atoms with Gasteiger partial charge in [-0.25, -0.2) is 18.1 Å². The molecule has 1 aromatic rings. The highest BCUT2D eigenvalue weighted by Gasteiger charge is 2.22. The number of sulfonamides is 1. The smallest absolute Gasteiger partial charge is 0.290 e. The summed E-state index contributed by atoms with van der Waals surface area (Å²) in [7, 11) is -3.29. The Balaban J connectivity index is 2.68. The summed E-state index contributed by atoms with van der Waals surface area (Å²) in [6.45, 7) is 3.66. The van der Waals surface area contributed by atoms with Crippen LogP contribution in [0.15, 0.2) is 17.2 Å². The zero-order valence-electron chi connectivity index (χ0n) is 9.94. The van der Waals surface area contributed by atoms with Gasteiger partial charge in [-0.05, 0) is 13.8 Å². The van der Waals surface area contributed by atoms with Gasteiger partial charge in [0.15, 0.2) is 5.82 Å².